The smallest absolute Gasteiger partial charge is 0.462 e. The summed E-state index contributed by atoms with van der Waals surface area (Å²) in [6, 6.07) is 5.44. The van der Waals surface area contributed by atoms with E-state index in [1.807, 2.05) is 0 Å². The molecule has 7 nitrogen and oxygen atoms in total. The second-order valence-corrected chi connectivity index (χ2v) is 5.23. The second kappa shape index (κ2) is 6.17. The summed E-state index contributed by atoms with van der Waals surface area (Å²) in [6.07, 6.45) is -2.40. The molecule has 1 aromatic carbocycles. The summed E-state index contributed by atoms with van der Waals surface area (Å²) in [5.41, 5.74) is 0.850. The lowest BCUT2D eigenvalue weighted by Crippen LogP contribution is -2.25. The summed E-state index contributed by atoms with van der Waals surface area (Å²) in [4.78, 5) is 26.4. The van der Waals surface area contributed by atoms with Gasteiger partial charge in [0.25, 0.3) is 0 Å². The van der Waals surface area contributed by atoms with E-state index in [-0.39, 0.29) is 22.3 Å². The van der Waals surface area contributed by atoms with Crippen LogP contribution in [0, 0.1) is 0 Å². The number of anilines is 1. The number of aromatic nitrogens is 1. The number of esters is 1. The maximum atomic E-state index is 13.1. The first-order chi connectivity index (χ1) is 11.8. The Hall–Kier alpha value is -2.94. The molecule has 0 unspecified atom stereocenters. The van der Waals surface area contributed by atoms with E-state index >= 15 is 0 Å². The average molecular weight is 371 g/mol. The summed E-state index contributed by atoms with van der Waals surface area (Å²) < 4.78 is 39.2. The van der Waals surface area contributed by atoms with Crippen LogP contribution in [0.1, 0.15) is 0 Å². The molecule has 10 heteroatoms. The fraction of sp³-hybridized carbons (Fsp3) is 0.133. The predicted octanol–water partition coefficient (Wildman–Crippen LogP) is 2.83. The Morgan fingerprint density at radius 3 is 2.52 bits per heavy atom. The van der Waals surface area contributed by atoms with E-state index in [0.29, 0.717) is 11.1 Å². The number of nitrogens with one attached hydrogen (secondary N) is 1. The van der Waals surface area contributed by atoms with Gasteiger partial charge in [-0.3, -0.25) is 4.79 Å². The third-order valence-electron chi connectivity index (χ3n) is 3.18. The number of alkyl halides is 2. The standard InChI is InChI=1S/C15H9ClF2N2O5/c1-23-14(22)13(21)20-12-3-2-7(6-19-12)8-4-10-11(5-9(8)16)25-15(17,18)24-10/h2-6H,1H3,(H,19,20,21). The Balaban J connectivity index is 1.84. The van der Waals surface area contributed by atoms with Gasteiger partial charge < -0.3 is 19.5 Å². The number of nitrogens with zero attached hydrogens (tertiary/aromatic N) is 1. The minimum atomic E-state index is -3.75. The second-order valence-electron chi connectivity index (χ2n) is 4.82. The molecule has 0 radical (unpaired) electrons. The maximum absolute atomic E-state index is 13.1. The Bertz CT molecular complexity index is 858. The summed E-state index contributed by atoms with van der Waals surface area (Å²) in [5.74, 6) is -2.28. The lowest BCUT2D eigenvalue weighted by atomic mass is 10.1. The minimum Gasteiger partial charge on any atom is -0.462 e. The van der Waals surface area contributed by atoms with Gasteiger partial charge in [0, 0.05) is 23.4 Å². The number of rotatable bonds is 2. The molecule has 0 aliphatic carbocycles. The number of benzene rings is 1. The first-order valence-corrected chi connectivity index (χ1v) is 7.12. The van der Waals surface area contributed by atoms with Crippen LogP contribution in [0.3, 0.4) is 0 Å². The molecular weight excluding hydrogens is 362 g/mol. The quantitative estimate of drug-likeness (QED) is 0.646. The predicted molar refractivity (Wildman–Crippen MR) is 81.5 cm³/mol. The number of carbonyl (C=O) groups excluding carboxylic acids is 2. The van der Waals surface area contributed by atoms with Crippen molar-refractivity contribution in [3.8, 4) is 22.6 Å². The Morgan fingerprint density at radius 1 is 1.24 bits per heavy atom. The summed E-state index contributed by atoms with van der Waals surface area (Å²) in [6.45, 7) is 0. The molecule has 130 valence electrons. The van der Waals surface area contributed by atoms with Gasteiger partial charge in [-0.05, 0) is 18.2 Å². The van der Waals surface area contributed by atoms with E-state index in [0.717, 1.165) is 7.11 Å². The van der Waals surface area contributed by atoms with Crippen LogP contribution in [0.5, 0.6) is 11.5 Å². The SMILES string of the molecule is COC(=O)C(=O)Nc1ccc(-c2cc3c(cc2Cl)OC(F)(F)O3)cn1. The summed E-state index contributed by atoms with van der Waals surface area (Å²) in [7, 11) is 1.07. The van der Waals surface area contributed by atoms with Gasteiger partial charge in [-0.25, -0.2) is 9.78 Å². The van der Waals surface area contributed by atoms with E-state index in [2.05, 4.69) is 24.5 Å². The summed E-state index contributed by atoms with van der Waals surface area (Å²) >= 11 is 6.08. The molecule has 0 spiro atoms. The molecule has 0 fully saturated rings. The maximum Gasteiger partial charge on any atom is 0.586 e. The summed E-state index contributed by atoms with van der Waals surface area (Å²) in [5, 5.41) is 2.38. The molecule has 0 saturated heterocycles. The molecule has 1 aliphatic heterocycles. The van der Waals surface area contributed by atoms with Gasteiger partial charge in [0.15, 0.2) is 11.5 Å². The number of fused-ring (bicyclic) bond motifs is 1. The average Bonchev–Trinajstić information content (AvgIpc) is 2.86. The number of hydrogen-bond acceptors (Lipinski definition) is 6. The molecule has 1 amide bonds. The molecular formula is C15H9ClF2N2O5. The van der Waals surface area contributed by atoms with E-state index in [1.54, 1.807) is 0 Å². The van der Waals surface area contributed by atoms with E-state index < -0.39 is 18.2 Å². The molecule has 1 aliphatic rings. The van der Waals surface area contributed by atoms with Crippen molar-refractivity contribution < 1.29 is 32.6 Å². The van der Waals surface area contributed by atoms with Crippen molar-refractivity contribution in [1.29, 1.82) is 0 Å². The topological polar surface area (TPSA) is 86.8 Å². The van der Waals surface area contributed by atoms with Crippen molar-refractivity contribution in [2.24, 2.45) is 0 Å². The number of hydrogen-bond donors (Lipinski definition) is 1. The highest BCUT2D eigenvalue weighted by atomic mass is 35.5. The van der Waals surface area contributed by atoms with Crippen molar-refractivity contribution in [2.45, 2.75) is 6.29 Å². The van der Waals surface area contributed by atoms with Crippen LogP contribution in [-0.4, -0.2) is 30.3 Å². The third-order valence-corrected chi connectivity index (χ3v) is 3.49. The molecule has 25 heavy (non-hydrogen) atoms. The van der Waals surface area contributed by atoms with Gasteiger partial charge in [0.1, 0.15) is 5.82 Å². The number of methoxy groups -OCH3 is 1. The number of ether oxygens (including phenoxy) is 3. The fourth-order valence-corrected chi connectivity index (χ4v) is 2.34. The highest BCUT2D eigenvalue weighted by Crippen LogP contribution is 2.45. The highest BCUT2D eigenvalue weighted by molar-refractivity contribution is 6.37. The zero-order valence-corrected chi connectivity index (χ0v) is 13.3. The zero-order chi connectivity index (χ0) is 18.2. The molecule has 0 atom stereocenters. The van der Waals surface area contributed by atoms with Crippen LogP contribution >= 0.6 is 11.6 Å². The van der Waals surface area contributed by atoms with Gasteiger partial charge in [0.2, 0.25) is 0 Å². The number of halogens is 3. The van der Waals surface area contributed by atoms with Crippen LogP contribution in [0.15, 0.2) is 30.5 Å². The molecule has 0 bridgehead atoms. The molecule has 2 heterocycles. The fourth-order valence-electron chi connectivity index (χ4n) is 2.08. The molecule has 0 saturated carbocycles. The normalized spacial score (nSPS) is 14.1. The zero-order valence-electron chi connectivity index (χ0n) is 12.5. The first kappa shape index (κ1) is 16.9. The van der Waals surface area contributed by atoms with E-state index in [9.17, 15) is 18.4 Å². The van der Waals surface area contributed by atoms with Gasteiger partial charge in [0.05, 0.1) is 12.1 Å². The lowest BCUT2D eigenvalue weighted by molar-refractivity contribution is -0.286. The van der Waals surface area contributed by atoms with Crippen LogP contribution in [0.4, 0.5) is 14.6 Å². The highest BCUT2D eigenvalue weighted by Gasteiger charge is 2.43. The van der Waals surface area contributed by atoms with Gasteiger partial charge in [-0.15, -0.1) is 8.78 Å². The largest absolute Gasteiger partial charge is 0.586 e. The van der Waals surface area contributed by atoms with Crippen LogP contribution in [0.25, 0.3) is 11.1 Å². The van der Waals surface area contributed by atoms with Crippen molar-refractivity contribution in [3.05, 3.63) is 35.5 Å². The van der Waals surface area contributed by atoms with Gasteiger partial charge in [-0.2, -0.15) is 0 Å². The molecule has 3 rings (SSSR count). The van der Waals surface area contributed by atoms with Gasteiger partial charge in [-0.1, -0.05) is 11.6 Å². The van der Waals surface area contributed by atoms with Crippen molar-refractivity contribution in [1.82, 2.24) is 4.98 Å². The number of carbonyl (C=O) groups is 2. The van der Waals surface area contributed by atoms with Crippen LogP contribution in [-0.2, 0) is 14.3 Å². The number of pyridine rings is 1. The monoisotopic (exact) mass is 370 g/mol. The van der Waals surface area contributed by atoms with Crippen LogP contribution < -0.4 is 14.8 Å². The van der Waals surface area contributed by atoms with Crippen molar-refractivity contribution in [3.63, 3.8) is 0 Å². The molecule has 1 aromatic heterocycles. The first-order valence-electron chi connectivity index (χ1n) is 6.74. The lowest BCUT2D eigenvalue weighted by Gasteiger charge is -2.07. The van der Waals surface area contributed by atoms with E-state index in [1.165, 1.54) is 30.5 Å². The Labute approximate surface area is 144 Å². The third kappa shape index (κ3) is 3.45. The van der Waals surface area contributed by atoms with Gasteiger partial charge >= 0.3 is 18.2 Å². The van der Waals surface area contributed by atoms with Crippen molar-refractivity contribution in [2.75, 3.05) is 12.4 Å². The number of amides is 1. The molecule has 2 aromatic rings. The molecule has 1 N–H and O–H groups in total. The minimum absolute atomic E-state index is 0.0996. The van der Waals surface area contributed by atoms with Crippen LogP contribution in [0.2, 0.25) is 5.02 Å². The Kier molecular flexibility index (Phi) is 4.17. The van der Waals surface area contributed by atoms with E-state index in [4.69, 9.17) is 11.6 Å². The Morgan fingerprint density at radius 2 is 1.92 bits per heavy atom. The van der Waals surface area contributed by atoms with Crippen molar-refractivity contribution >= 4 is 29.3 Å².